The number of aromatic hydroxyl groups is 1. The Labute approximate surface area is 85.7 Å². The Morgan fingerprint density at radius 3 is 2.33 bits per heavy atom. The molecule has 0 bridgehead atoms. The monoisotopic (exact) mass is 219 g/mol. The minimum Gasteiger partial charge on any atom is -0.508 e. The SMILES string of the molecule is CNC(C)c1ccc(C(F)(F)F)cc1O. The van der Waals surface area contributed by atoms with Crippen molar-refractivity contribution >= 4 is 0 Å². The standard InChI is InChI=1S/C10H12F3NO/c1-6(14-2)8-4-3-7(5-9(8)15)10(11,12)13/h3-6,14-15H,1-2H3. The summed E-state index contributed by atoms with van der Waals surface area (Å²) in [6, 6.07) is 2.79. The van der Waals surface area contributed by atoms with E-state index in [1.165, 1.54) is 6.07 Å². The molecule has 5 heteroatoms. The molecule has 0 amide bonds. The molecule has 15 heavy (non-hydrogen) atoms. The number of phenolic OH excluding ortho intramolecular Hbond substituents is 1. The van der Waals surface area contributed by atoms with Crippen LogP contribution in [0.3, 0.4) is 0 Å². The molecular weight excluding hydrogens is 207 g/mol. The molecule has 0 saturated carbocycles. The first-order chi connectivity index (χ1) is 6.86. The maximum absolute atomic E-state index is 12.3. The van der Waals surface area contributed by atoms with Crippen molar-refractivity contribution in [1.29, 1.82) is 0 Å². The Bertz CT molecular complexity index is 349. The van der Waals surface area contributed by atoms with Crippen LogP contribution in [0, 0.1) is 0 Å². The Kier molecular flexibility index (Phi) is 3.24. The molecule has 1 unspecified atom stereocenters. The maximum atomic E-state index is 12.3. The molecule has 1 atom stereocenters. The van der Waals surface area contributed by atoms with Gasteiger partial charge in [-0.05, 0) is 26.1 Å². The molecule has 1 aromatic carbocycles. The van der Waals surface area contributed by atoms with Gasteiger partial charge in [-0.2, -0.15) is 13.2 Å². The highest BCUT2D eigenvalue weighted by atomic mass is 19.4. The number of nitrogens with one attached hydrogen (secondary N) is 1. The molecule has 2 N–H and O–H groups in total. The van der Waals surface area contributed by atoms with Crippen molar-refractivity contribution in [2.45, 2.75) is 19.1 Å². The molecule has 0 fully saturated rings. The molecule has 0 saturated heterocycles. The second-order valence-corrected chi connectivity index (χ2v) is 3.28. The molecule has 0 radical (unpaired) electrons. The third kappa shape index (κ3) is 2.62. The van der Waals surface area contributed by atoms with Crippen LogP contribution in [0.4, 0.5) is 13.2 Å². The molecule has 0 spiro atoms. The summed E-state index contributed by atoms with van der Waals surface area (Å²) in [7, 11) is 1.67. The molecule has 0 aliphatic carbocycles. The summed E-state index contributed by atoms with van der Waals surface area (Å²) >= 11 is 0. The van der Waals surface area contributed by atoms with Crippen LogP contribution in [0.25, 0.3) is 0 Å². The molecule has 0 heterocycles. The van der Waals surface area contributed by atoms with Gasteiger partial charge in [0.05, 0.1) is 5.56 Å². The number of alkyl halides is 3. The topological polar surface area (TPSA) is 32.3 Å². The van der Waals surface area contributed by atoms with E-state index in [0.717, 1.165) is 12.1 Å². The van der Waals surface area contributed by atoms with Crippen molar-refractivity contribution in [3.05, 3.63) is 29.3 Å². The van der Waals surface area contributed by atoms with Crippen LogP contribution in [0.2, 0.25) is 0 Å². The van der Waals surface area contributed by atoms with Crippen molar-refractivity contribution in [1.82, 2.24) is 5.32 Å². The summed E-state index contributed by atoms with van der Waals surface area (Å²) in [4.78, 5) is 0. The quantitative estimate of drug-likeness (QED) is 0.801. The summed E-state index contributed by atoms with van der Waals surface area (Å²) in [5, 5.41) is 12.3. The lowest BCUT2D eigenvalue weighted by atomic mass is 10.0. The molecule has 84 valence electrons. The van der Waals surface area contributed by atoms with E-state index in [9.17, 15) is 18.3 Å². The van der Waals surface area contributed by atoms with Crippen LogP contribution < -0.4 is 5.32 Å². The summed E-state index contributed by atoms with van der Waals surface area (Å²) in [5.41, 5.74) is -0.391. The Hall–Kier alpha value is -1.23. The lowest BCUT2D eigenvalue weighted by molar-refractivity contribution is -0.137. The molecule has 2 nitrogen and oxygen atoms in total. The number of benzene rings is 1. The van der Waals surface area contributed by atoms with Crippen LogP contribution in [0.15, 0.2) is 18.2 Å². The van der Waals surface area contributed by atoms with Gasteiger partial charge in [-0.1, -0.05) is 6.07 Å². The van der Waals surface area contributed by atoms with E-state index in [2.05, 4.69) is 5.32 Å². The van der Waals surface area contributed by atoms with Crippen LogP contribution in [0.5, 0.6) is 5.75 Å². The Balaban J connectivity index is 3.09. The first-order valence-electron chi connectivity index (χ1n) is 4.43. The minimum atomic E-state index is -4.42. The van der Waals surface area contributed by atoms with E-state index in [1.807, 2.05) is 0 Å². The number of hydrogen-bond acceptors (Lipinski definition) is 2. The fourth-order valence-corrected chi connectivity index (χ4v) is 1.24. The summed E-state index contributed by atoms with van der Waals surface area (Å²) in [6.07, 6.45) is -4.42. The van der Waals surface area contributed by atoms with Gasteiger partial charge in [0, 0.05) is 11.6 Å². The fraction of sp³-hybridized carbons (Fsp3) is 0.400. The van der Waals surface area contributed by atoms with Gasteiger partial charge in [-0.15, -0.1) is 0 Å². The van der Waals surface area contributed by atoms with Gasteiger partial charge in [0.15, 0.2) is 0 Å². The molecule has 0 aliphatic rings. The molecule has 0 aliphatic heterocycles. The smallest absolute Gasteiger partial charge is 0.416 e. The van der Waals surface area contributed by atoms with Crippen molar-refractivity contribution in [2.75, 3.05) is 7.05 Å². The summed E-state index contributed by atoms with van der Waals surface area (Å²) in [6.45, 7) is 1.75. The van der Waals surface area contributed by atoms with Crippen LogP contribution in [0.1, 0.15) is 24.1 Å². The van der Waals surface area contributed by atoms with Gasteiger partial charge in [0.25, 0.3) is 0 Å². The van der Waals surface area contributed by atoms with Crippen molar-refractivity contribution in [3.8, 4) is 5.75 Å². The van der Waals surface area contributed by atoms with E-state index in [-0.39, 0.29) is 11.8 Å². The first-order valence-corrected chi connectivity index (χ1v) is 4.43. The number of rotatable bonds is 2. The second-order valence-electron chi connectivity index (χ2n) is 3.28. The molecule has 0 aromatic heterocycles. The highest BCUT2D eigenvalue weighted by Gasteiger charge is 2.31. The lowest BCUT2D eigenvalue weighted by Gasteiger charge is -2.14. The average Bonchev–Trinajstić information content (AvgIpc) is 2.15. The van der Waals surface area contributed by atoms with Gasteiger partial charge < -0.3 is 10.4 Å². The van der Waals surface area contributed by atoms with Gasteiger partial charge in [-0.25, -0.2) is 0 Å². The van der Waals surface area contributed by atoms with Crippen LogP contribution in [-0.4, -0.2) is 12.2 Å². The lowest BCUT2D eigenvalue weighted by Crippen LogP contribution is -2.13. The third-order valence-electron chi connectivity index (χ3n) is 2.26. The van der Waals surface area contributed by atoms with E-state index >= 15 is 0 Å². The van der Waals surface area contributed by atoms with E-state index in [4.69, 9.17) is 0 Å². The zero-order chi connectivity index (χ0) is 11.6. The van der Waals surface area contributed by atoms with Crippen LogP contribution in [-0.2, 0) is 6.18 Å². The van der Waals surface area contributed by atoms with E-state index < -0.39 is 11.7 Å². The minimum absolute atomic E-state index is 0.188. The first kappa shape index (κ1) is 11.8. The largest absolute Gasteiger partial charge is 0.508 e. The maximum Gasteiger partial charge on any atom is 0.416 e. The summed E-state index contributed by atoms with van der Waals surface area (Å²) < 4.78 is 36.8. The summed E-state index contributed by atoms with van der Waals surface area (Å²) in [5.74, 6) is -0.341. The van der Waals surface area contributed by atoms with Gasteiger partial charge in [-0.3, -0.25) is 0 Å². The normalized spacial score (nSPS) is 13.9. The zero-order valence-corrected chi connectivity index (χ0v) is 8.39. The predicted molar refractivity (Wildman–Crippen MR) is 50.6 cm³/mol. The molecule has 1 aromatic rings. The Morgan fingerprint density at radius 1 is 1.33 bits per heavy atom. The number of hydrogen-bond donors (Lipinski definition) is 2. The van der Waals surface area contributed by atoms with Crippen molar-refractivity contribution in [3.63, 3.8) is 0 Å². The van der Waals surface area contributed by atoms with Gasteiger partial charge in [0.2, 0.25) is 0 Å². The average molecular weight is 219 g/mol. The van der Waals surface area contributed by atoms with Crippen LogP contribution >= 0.6 is 0 Å². The Morgan fingerprint density at radius 2 is 1.93 bits per heavy atom. The highest BCUT2D eigenvalue weighted by molar-refractivity contribution is 5.39. The molecular formula is C10H12F3NO. The van der Waals surface area contributed by atoms with E-state index in [1.54, 1.807) is 14.0 Å². The second kappa shape index (κ2) is 4.10. The van der Waals surface area contributed by atoms with Crippen molar-refractivity contribution in [2.24, 2.45) is 0 Å². The van der Waals surface area contributed by atoms with E-state index in [0.29, 0.717) is 5.56 Å². The predicted octanol–water partition coefficient (Wildman–Crippen LogP) is 2.69. The fourth-order valence-electron chi connectivity index (χ4n) is 1.24. The number of halogens is 3. The molecule has 1 rings (SSSR count). The van der Waals surface area contributed by atoms with Crippen molar-refractivity contribution < 1.29 is 18.3 Å². The highest BCUT2D eigenvalue weighted by Crippen LogP contribution is 2.34. The zero-order valence-electron chi connectivity index (χ0n) is 8.39. The van der Waals surface area contributed by atoms with Gasteiger partial charge in [0.1, 0.15) is 5.75 Å². The third-order valence-corrected chi connectivity index (χ3v) is 2.26. The van der Waals surface area contributed by atoms with Gasteiger partial charge >= 0.3 is 6.18 Å². The number of phenols is 1.